The molecule has 0 unspecified atom stereocenters. The normalized spacial score (nSPS) is 21.3. The van der Waals surface area contributed by atoms with Crippen molar-refractivity contribution < 1.29 is 28.3 Å². The number of nitrogens with one attached hydrogen (secondary N) is 1. The Hall–Kier alpha value is -4.69. The lowest BCUT2D eigenvalue weighted by Crippen LogP contribution is -2.57. The third-order valence-electron chi connectivity index (χ3n) is 13.4. The van der Waals surface area contributed by atoms with Gasteiger partial charge in [-0.3, -0.25) is 28.9 Å². The number of likely N-dealkylation sites (tertiary alicyclic amines) is 3. The number of halogens is 1. The first kappa shape index (κ1) is 41.1. The summed E-state index contributed by atoms with van der Waals surface area (Å²) in [7, 11) is 0. The Bertz CT molecular complexity index is 2050. The second-order valence-corrected chi connectivity index (χ2v) is 17.2. The second-order valence-electron chi connectivity index (χ2n) is 17.2. The third-order valence-corrected chi connectivity index (χ3v) is 13.4. The van der Waals surface area contributed by atoms with E-state index in [-0.39, 0.29) is 53.0 Å². The van der Waals surface area contributed by atoms with Crippen LogP contribution in [0.25, 0.3) is 10.8 Å². The zero-order chi connectivity index (χ0) is 40.9. The number of nitrogens with zero attached hydrogens (tertiary/aromatic N) is 6. The van der Waals surface area contributed by atoms with Crippen molar-refractivity contribution in [2.24, 2.45) is 5.92 Å². The fourth-order valence-electron chi connectivity index (χ4n) is 10.0. The minimum Gasteiger partial charge on any atom is -0.375 e. The molecule has 4 amide bonds. The van der Waals surface area contributed by atoms with Crippen molar-refractivity contribution >= 4 is 34.4 Å². The van der Waals surface area contributed by atoms with E-state index in [2.05, 4.69) is 15.1 Å². The molecule has 5 fully saturated rings. The molecule has 0 spiro atoms. The van der Waals surface area contributed by atoms with Crippen molar-refractivity contribution in [2.75, 3.05) is 65.4 Å². The number of aromatic amines is 1. The van der Waals surface area contributed by atoms with Gasteiger partial charge in [0.25, 0.3) is 11.5 Å². The average Bonchev–Trinajstić information content (AvgIpc) is 3.27. The van der Waals surface area contributed by atoms with Crippen LogP contribution in [0.1, 0.15) is 98.7 Å². The predicted molar refractivity (Wildman–Crippen MR) is 220 cm³/mol. The number of hydrogen-bond donors (Lipinski definition) is 1. The summed E-state index contributed by atoms with van der Waals surface area (Å²) in [5, 5.41) is 7.98. The van der Waals surface area contributed by atoms with Crippen molar-refractivity contribution in [1.29, 1.82) is 0 Å². The molecule has 2 aromatic carbocycles. The molecule has 14 heteroatoms. The number of ether oxygens (including phenoxy) is 1. The molecule has 4 saturated heterocycles. The summed E-state index contributed by atoms with van der Waals surface area (Å²) >= 11 is 0. The highest BCUT2D eigenvalue weighted by atomic mass is 19.1. The van der Waals surface area contributed by atoms with Crippen molar-refractivity contribution in [3.8, 4) is 0 Å². The monoisotopic (exact) mass is 811 g/mol. The van der Waals surface area contributed by atoms with Gasteiger partial charge in [0, 0.05) is 77.1 Å². The molecule has 3 aromatic rings. The van der Waals surface area contributed by atoms with E-state index >= 15 is 4.39 Å². The smallest absolute Gasteiger partial charge is 0.272 e. The molecule has 5 heterocycles. The highest BCUT2D eigenvalue weighted by Gasteiger charge is 2.41. The molecule has 4 aliphatic heterocycles. The molecule has 8 rings (SSSR count). The zero-order valence-electron chi connectivity index (χ0n) is 34.1. The Morgan fingerprint density at radius 1 is 0.746 bits per heavy atom. The summed E-state index contributed by atoms with van der Waals surface area (Å²) in [6, 6.07) is 11.3. The number of amides is 4. The molecule has 1 saturated carbocycles. The average molecular weight is 812 g/mol. The van der Waals surface area contributed by atoms with Gasteiger partial charge in [0.1, 0.15) is 11.9 Å². The van der Waals surface area contributed by atoms with Crippen LogP contribution in [0.4, 0.5) is 4.39 Å². The van der Waals surface area contributed by atoms with Gasteiger partial charge < -0.3 is 24.3 Å². The molecule has 1 aliphatic carbocycles. The lowest BCUT2D eigenvalue weighted by Gasteiger charge is -2.43. The van der Waals surface area contributed by atoms with Crippen LogP contribution in [0, 0.1) is 11.7 Å². The minimum absolute atomic E-state index is 0.0195. The van der Waals surface area contributed by atoms with E-state index in [1.54, 1.807) is 34.1 Å². The van der Waals surface area contributed by atoms with E-state index in [9.17, 15) is 24.0 Å². The second kappa shape index (κ2) is 18.7. The van der Waals surface area contributed by atoms with Crippen molar-refractivity contribution in [3.05, 3.63) is 75.5 Å². The van der Waals surface area contributed by atoms with Crippen molar-refractivity contribution in [3.63, 3.8) is 0 Å². The van der Waals surface area contributed by atoms with Gasteiger partial charge >= 0.3 is 0 Å². The molecule has 1 N–H and O–H groups in total. The molecule has 13 nitrogen and oxygen atoms in total. The van der Waals surface area contributed by atoms with E-state index in [1.165, 1.54) is 12.5 Å². The lowest BCUT2D eigenvalue weighted by molar-refractivity contribution is -0.152. The maximum atomic E-state index is 15.0. The third kappa shape index (κ3) is 9.54. The van der Waals surface area contributed by atoms with E-state index in [0.717, 1.165) is 77.3 Å². The van der Waals surface area contributed by atoms with Crippen LogP contribution in [0.3, 0.4) is 0 Å². The zero-order valence-corrected chi connectivity index (χ0v) is 34.1. The van der Waals surface area contributed by atoms with Crippen molar-refractivity contribution in [2.45, 2.75) is 102 Å². The first-order chi connectivity index (χ1) is 28.7. The van der Waals surface area contributed by atoms with Gasteiger partial charge in [-0.15, -0.1) is 0 Å². The van der Waals surface area contributed by atoms with Gasteiger partial charge in [-0.05, 0) is 81.0 Å². The van der Waals surface area contributed by atoms with E-state index in [4.69, 9.17) is 4.74 Å². The molecule has 0 radical (unpaired) electrons. The van der Waals surface area contributed by atoms with Crippen LogP contribution in [-0.4, -0.2) is 142 Å². The quantitative estimate of drug-likeness (QED) is 0.319. The number of fused-ring (bicyclic) bond motifs is 1. The van der Waals surface area contributed by atoms with Gasteiger partial charge in [-0.25, -0.2) is 9.49 Å². The minimum atomic E-state index is -0.602. The van der Waals surface area contributed by atoms with E-state index < -0.39 is 11.7 Å². The highest BCUT2D eigenvalue weighted by molar-refractivity contribution is 5.95. The molecule has 59 heavy (non-hydrogen) atoms. The van der Waals surface area contributed by atoms with Crippen LogP contribution in [-0.2, 0) is 25.5 Å². The Morgan fingerprint density at radius 2 is 1.42 bits per heavy atom. The van der Waals surface area contributed by atoms with Gasteiger partial charge in [0.2, 0.25) is 17.7 Å². The molecular weight excluding hydrogens is 754 g/mol. The largest absolute Gasteiger partial charge is 0.375 e. The fourth-order valence-corrected chi connectivity index (χ4v) is 10.0. The summed E-state index contributed by atoms with van der Waals surface area (Å²) in [5.41, 5.74) is 1.03. The van der Waals surface area contributed by atoms with Crippen LogP contribution >= 0.6 is 0 Å². The predicted octanol–water partition coefficient (Wildman–Crippen LogP) is 4.37. The Kier molecular flexibility index (Phi) is 13.0. The standard InChI is InChI=1S/C45H58FN7O6/c46-38-14-13-31(29-39-35-10-4-5-11-36(35)43(56)48-47-39)28-37(38)44(57)52-26-24-50(25-27-52)41(55)30-49-20-15-33(16-21-49)59-34-17-22-51(23-18-34)45(58)42(32-8-2-1-3-9-32)53-19-7-6-12-40(53)54/h4-5,10-11,13-14,28,32-34,42H,1-3,6-9,12,15-27,29-30H2,(H,48,56)/t42-/m1/s1. The molecule has 1 aromatic heterocycles. The SMILES string of the molecule is O=C(CN1CCC(OC2CCN(C(=O)[C@@H](C3CCCCC3)N3CCCCC3=O)CC2)CC1)N1CCN(C(=O)c2cc(Cc3n[nH]c(=O)c4ccccc34)ccc2F)CC1. The Morgan fingerprint density at radius 3 is 2.14 bits per heavy atom. The molecule has 5 aliphatic rings. The number of aromatic nitrogens is 2. The van der Waals surface area contributed by atoms with Gasteiger partial charge in [-0.2, -0.15) is 5.10 Å². The topological polar surface area (TPSA) is 139 Å². The number of piperidine rings is 3. The molecular formula is C45H58FN7O6. The number of hydrogen-bond acceptors (Lipinski definition) is 8. The van der Waals surface area contributed by atoms with Gasteiger partial charge in [0.05, 0.1) is 35.4 Å². The maximum Gasteiger partial charge on any atom is 0.272 e. The molecule has 1 atom stereocenters. The summed E-state index contributed by atoms with van der Waals surface area (Å²) in [5.74, 6) is -0.434. The summed E-state index contributed by atoms with van der Waals surface area (Å²) in [6.07, 6.45) is 11.8. The summed E-state index contributed by atoms with van der Waals surface area (Å²) < 4.78 is 21.6. The van der Waals surface area contributed by atoms with Crippen molar-refractivity contribution in [1.82, 2.24) is 34.7 Å². The first-order valence-electron chi connectivity index (χ1n) is 22.0. The first-order valence-corrected chi connectivity index (χ1v) is 22.0. The number of rotatable bonds is 10. The number of H-pyrrole nitrogens is 1. The summed E-state index contributed by atoms with van der Waals surface area (Å²) in [6.45, 7) is 5.27. The van der Waals surface area contributed by atoms with Crippen LogP contribution in [0.5, 0.6) is 0 Å². The maximum absolute atomic E-state index is 15.0. The van der Waals surface area contributed by atoms with Crippen LogP contribution < -0.4 is 5.56 Å². The molecule has 0 bridgehead atoms. The van der Waals surface area contributed by atoms with E-state index in [0.29, 0.717) is 87.2 Å². The Labute approximate surface area is 345 Å². The number of carbonyl (C=O) groups excluding carboxylic acids is 4. The Balaban J connectivity index is 0.764. The van der Waals surface area contributed by atoms with Gasteiger partial charge in [-0.1, -0.05) is 43.5 Å². The lowest BCUT2D eigenvalue weighted by atomic mass is 9.81. The number of carbonyl (C=O) groups is 4. The van der Waals surface area contributed by atoms with E-state index in [1.807, 2.05) is 21.9 Å². The number of benzene rings is 2. The molecule has 316 valence electrons. The number of piperazine rings is 1. The highest BCUT2D eigenvalue weighted by Crippen LogP contribution is 2.33. The summed E-state index contributed by atoms with van der Waals surface area (Å²) in [4.78, 5) is 75.6. The van der Waals surface area contributed by atoms with Crippen LogP contribution in [0.15, 0.2) is 47.3 Å². The van der Waals surface area contributed by atoms with Crippen LogP contribution in [0.2, 0.25) is 0 Å². The van der Waals surface area contributed by atoms with Gasteiger partial charge in [0.15, 0.2) is 0 Å². The fraction of sp³-hybridized carbons (Fsp3) is 0.600.